The number of hydrogen-bond donors (Lipinski definition) is 2. The fourth-order valence-electron chi connectivity index (χ4n) is 3.72. The minimum atomic E-state index is 0.0391. The van der Waals surface area contributed by atoms with Crippen molar-refractivity contribution >= 4 is 11.0 Å². The van der Waals surface area contributed by atoms with E-state index in [0.29, 0.717) is 6.61 Å². The Morgan fingerprint density at radius 1 is 1.07 bits per heavy atom. The van der Waals surface area contributed by atoms with Crippen molar-refractivity contribution in [3.05, 3.63) is 67.1 Å². The van der Waals surface area contributed by atoms with Gasteiger partial charge in [-0.15, -0.1) is 0 Å². The van der Waals surface area contributed by atoms with Gasteiger partial charge >= 0.3 is 0 Å². The molecule has 140 valence electrons. The van der Waals surface area contributed by atoms with E-state index in [2.05, 4.69) is 45.4 Å². The van der Waals surface area contributed by atoms with Gasteiger partial charge in [0.15, 0.2) is 0 Å². The lowest BCUT2D eigenvalue weighted by molar-refractivity contribution is 0.132. The number of rotatable bonds is 5. The lowest BCUT2D eigenvalue weighted by Crippen LogP contribution is -2.58. The topological polar surface area (TPSA) is 62.8 Å². The number of benzene rings is 1. The highest BCUT2D eigenvalue weighted by molar-refractivity contribution is 6.02. The van der Waals surface area contributed by atoms with Crippen molar-refractivity contribution in [3.8, 4) is 28.1 Å². The van der Waals surface area contributed by atoms with Crippen molar-refractivity contribution in [1.82, 2.24) is 20.3 Å². The van der Waals surface area contributed by atoms with Crippen molar-refractivity contribution in [2.75, 3.05) is 13.2 Å². The van der Waals surface area contributed by atoms with Crippen molar-refractivity contribution in [1.29, 1.82) is 0 Å². The van der Waals surface area contributed by atoms with Crippen LogP contribution in [0.5, 0.6) is 5.75 Å². The van der Waals surface area contributed by atoms with Crippen molar-refractivity contribution in [2.45, 2.75) is 18.9 Å². The van der Waals surface area contributed by atoms with Crippen molar-refractivity contribution in [3.63, 3.8) is 0 Å². The Bertz CT molecular complexity index is 1120. The smallest absolute Gasteiger partial charge is 0.147 e. The molecule has 5 heteroatoms. The molecule has 0 spiro atoms. The van der Waals surface area contributed by atoms with Gasteiger partial charge in [-0.05, 0) is 43.7 Å². The van der Waals surface area contributed by atoms with Gasteiger partial charge in [0.05, 0.1) is 28.5 Å². The third-order valence-corrected chi connectivity index (χ3v) is 5.45. The average molecular weight is 370 g/mol. The maximum atomic E-state index is 6.22. The van der Waals surface area contributed by atoms with Crippen LogP contribution in [0, 0.1) is 0 Å². The predicted molar refractivity (Wildman–Crippen MR) is 111 cm³/mol. The maximum Gasteiger partial charge on any atom is 0.147 e. The highest BCUT2D eigenvalue weighted by Gasteiger charge is 2.32. The number of nitrogens with zero attached hydrogens (tertiary/aromatic N) is 2. The molecule has 0 bridgehead atoms. The van der Waals surface area contributed by atoms with E-state index in [1.807, 2.05) is 36.5 Å². The van der Waals surface area contributed by atoms with Crippen LogP contribution < -0.4 is 10.1 Å². The Morgan fingerprint density at radius 2 is 1.93 bits per heavy atom. The molecule has 0 saturated carbocycles. The van der Waals surface area contributed by atoms with Gasteiger partial charge in [-0.25, -0.2) is 0 Å². The van der Waals surface area contributed by atoms with Crippen molar-refractivity contribution in [2.24, 2.45) is 0 Å². The Hall–Kier alpha value is -3.18. The quantitative estimate of drug-likeness (QED) is 0.546. The van der Waals surface area contributed by atoms with Gasteiger partial charge in [0.25, 0.3) is 0 Å². The molecule has 0 aliphatic carbocycles. The molecule has 5 rings (SSSR count). The van der Waals surface area contributed by atoms with E-state index in [1.54, 1.807) is 12.4 Å². The lowest BCUT2D eigenvalue weighted by Gasteiger charge is -2.39. The first-order chi connectivity index (χ1) is 13.7. The standard InChI is InChI=1S/C23H22N4O/c1-23(10-13-26-23)15-28-19-14-24-12-9-17(19)21-20(16-6-3-2-4-7-16)22-18(27-21)8-5-11-25-22/h2-9,11-12,14,26-27H,10,13,15H2,1H3/t23-/m0/s1. The molecule has 4 aromatic rings. The van der Waals surface area contributed by atoms with Crippen LogP contribution in [0.25, 0.3) is 33.4 Å². The Kier molecular flexibility index (Phi) is 4.10. The van der Waals surface area contributed by atoms with Gasteiger partial charge < -0.3 is 15.0 Å². The number of aromatic amines is 1. The van der Waals surface area contributed by atoms with Crippen LogP contribution in [0.15, 0.2) is 67.1 Å². The number of H-pyrrole nitrogens is 1. The molecule has 4 heterocycles. The van der Waals surface area contributed by atoms with E-state index in [-0.39, 0.29) is 5.54 Å². The van der Waals surface area contributed by atoms with E-state index in [4.69, 9.17) is 4.74 Å². The van der Waals surface area contributed by atoms with Gasteiger partial charge in [-0.1, -0.05) is 30.3 Å². The van der Waals surface area contributed by atoms with Gasteiger partial charge in [-0.3, -0.25) is 9.97 Å². The third kappa shape index (κ3) is 2.94. The summed E-state index contributed by atoms with van der Waals surface area (Å²) in [5.41, 5.74) is 6.21. The summed E-state index contributed by atoms with van der Waals surface area (Å²) in [5.74, 6) is 0.779. The minimum Gasteiger partial charge on any atom is -0.489 e. The monoisotopic (exact) mass is 370 g/mol. The molecule has 0 unspecified atom stereocenters. The summed E-state index contributed by atoms with van der Waals surface area (Å²) in [6.45, 7) is 3.85. The minimum absolute atomic E-state index is 0.0391. The Balaban J connectivity index is 1.64. The molecule has 0 radical (unpaired) electrons. The molecule has 1 atom stereocenters. The summed E-state index contributed by atoms with van der Waals surface area (Å²) in [7, 11) is 0. The van der Waals surface area contributed by atoms with Gasteiger partial charge in [0.1, 0.15) is 12.4 Å². The van der Waals surface area contributed by atoms with Crippen LogP contribution in [0.4, 0.5) is 0 Å². The largest absolute Gasteiger partial charge is 0.489 e. The number of ether oxygens (including phenoxy) is 1. The van der Waals surface area contributed by atoms with Gasteiger partial charge in [0, 0.05) is 23.5 Å². The third-order valence-electron chi connectivity index (χ3n) is 5.45. The zero-order valence-corrected chi connectivity index (χ0v) is 15.8. The first-order valence-electron chi connectivity index (χ1n) is 9.58. The molecule has 28 heavy (non-hydrogen) atoms. The zero-order chi connectivity index (χ0) is 19.0. The Labute approximate surface area is 163 Å². The van der Waals surface area contributed by atoms with Crippen LogP contribution in [0.3, 0.4) is 0 Å². The predicted octanol–water partition coefficient (Wildman–Crippen LogP) is 4.42. The molecule has 1 fully saturated rings. The molecule has 1 aromatic carbocycles. The van der Waals surface area contributed by atoms with E-state index >= 15 is 0 Å². The van der Waals surface area contributed by atoms with E-state index in [0.717, 1.165) is 52.1 Å². The molecule has 2 N–H and O–H groups in total. The summed E-state index contributed by atoms with van der Waals surface area (Å²) in [4.78, 5) is 12.5. The molecule has 1 aliphatic rings. The average Bonchev–Trinajstić information content (AvgIpc) is 3.11. The number of nitrogens with one attached hydrogen (secondary N) is 2. The second-order valence-electron chi connectivity index (χ2n) is 7.54. The first kappa shape index (κ1) is 17.0. The van der Waals surface area contributed by atoms with Gasteiger partial charge in [-0.2, -0.15) is 0 Å². The molecular weight excluding hydrogens is 348 g/mol. The summed E-state index contributed by atoms with van der Waals surface area (Å²) in [6.07, 6.45) is 6.55. The summed E-state index contributed by atoms with van der Waals surface area (Å²) >= 11 is 0. The molecule has 1 aliphatic heterocycles. The molecular formula is C23H22N4O. The first-order valence-corrected chi connectivity index (χ1v) is 9.58. The van der Waals surface area contributed by atoms with E-state index < -0.39 is 0 Å². The number of pyridine rings is 2. The van der Waals surface area contributed by atoms with Gasteiger partial charge in [0.2, 0.25) is 0 Å². The highest BCUT2D eigenvalue weighted by atomic mass is 16.5. The normalized spacial score (nSPS) is 18.8. The van der Waals surface area contributed by atoms with Crippen LogP contribution in [0.1, 0.15) is 13.3 Å². The number of hydrogen-bond acceptors (Lipinski definition) is 4. The summed E-state index contributed by atoms with van der Waals surface area (Å²) in [5, 5.41) is 3.45. The zero-order valence-electron chi connectivity index (χ0n) is 15.8. The summed E-state index contributed by atoms with van der Waals surface area (Å²) < 4.78 is 6.22. The molecule has 5 nitrogen and oxygen atoms in total. The summed E-state index contributed by atoms with van der Waals surface area (Å²) in [6, 6.07) is 16.4. The SMILES string of the molecule is C[C@@]1(COc2cnccc2-c2[nH]c3cccnc3c2-c2ccccc2)CCN1. The van der Waals surface area contributed by atoms with Crippen LogP contribution in [0.2, 0.25) is 0 Å². The van der Waals surface area contributed by atoms with Crippen LogP contribution >= 0.6 is 0 Å². The maximum absolute atomic E-state index is 6.22. The van der Waals surface area contributed by atoms with E-state index in [1.165, 1.54) is 0 Å². The van der Waals surface area contributed by atoms with Crippen molar-refractivity contribution < 1.29 is 4.74 Å². The molecule has 3 aromatic heterocycles. The fourth-order valence-corrected chi connectivity index (χ4v) is 3.72. The second-order valence-corrected chi connectivity index (χ2v) is 7.54. The van der Waals surface area contributed by atoms with Crippen LogP contribution in [-0.4, -0.2) is 33.6 Å². The number of fused-ring (bicyclic) bond motifs is 1. The van der Waals surface area contributed by atoms with E-state index in [9.17, 15) is 0 Å². The lowest BCUT2D eigenvalue weighted by atomic mass is 9.91. The molecule has 1 saturated heterocycles. The number of aromatic nitrogens is 3. The highest BCUT2D eigenvalue weighted by Crippen LogP contribution is 2.40. The fraction of sp³-hybridized carbons (Fsp3) is 0.217. The van der Waals surface area contributed by atoms with Crippen LogP contribution in [-0.2, 0) is 0 Å². The second kappa shape index (κ2) is 6.77. The molecule has 0 amide bonds. The Morgan fingerprint density at radius 3 is 2.71 bits per heavy atom.